The molecule has 0 unspecified atom stereocenters. The van der Waals surface area contributed by atoms with E-state index in [1.165, 1.54) is 12.8 Å². The van der Waals surface area contributed by atoms with Crippen molar-refractivity contribution >= 4 is 44.0 Å². The Morgan fingerprint density at radius 3 is 2.56 bits per heavy atom. The van der Waals surface area contributed by atoms with Crippen molar-refractivity contribution in [1.82, 2.24) is 9.97 Å². The molecule has 1 saturated carbocycles. The number of aliphatic hydroxyl groups is 1. The molecule has 4 N–H and O–H groups in total. The summed E-state index contributed by atoms with van der Waals surface area (Å²) in [4.78, 5) is 23.1. The van der Waals surface area contributed by atoms with Gasteiger partial charge >= 0.3 is 0 Å². The maximum absolute atomic E-state index is 13.3. The Kier molecular flexibility index (Phi) is 5.73. The SMILES string of the molecule is Cc1nc2ccc(NC(=O)c3ccc(NS(=O)(=O)CCO)cc3N3CCC4(CC3)CC4)cc2[nH]1. The number of hydrogen-bond acceptors (Lipinski definition) is 6. The van der Waals surface area contributed by atoms with Crippen LogP contribution < -0.4 is 14.9 Å². The number of aryl methyl sites for hydroxylation is 1. The fourth-order valence-electron chi connectivity index (χ4n) is 4.71. The van der Waals surface area contributed by atoms with Gasteiger partial charge in [-0.05, 0) is 74.4 Å². The standard InChI is InChI=1S/C24H29N5O4S/c1-16-25-20-5-3-17(14-21(20)26-16)27-23(31)19-4-2-18(28-34(32,33)13-12-30)15-22(19)29-10-8-24(6-7-24)9-11-29/h2-5,14-15,28,30H,6-13H2,1H3,(H,25,26)(H,27,31). The molecule has 2 aromatic carbocycles. The molecule has 1 aliphatic heterocycles. The van der Waals surface area contributed by atoms with E-state index in [9.17, 15) is 13.2 Å². The summed E-state index contributed by atoms with van der Waals surface area (Å²) in [5.41, 5.74) is 4.36. The van der Waals surface area contributed by atoms with Crippen molar-refractivity contribution in [2.75, 3.05) is 40.4 Å². The van der Waals surface area contributed by atoms with E-state index in [4.69, 9.17) is 5.11 Å². The smallest absolute Gasteiger partial charge is 0.257 e. The van der Waals surface area contributed by atoms with E-state index in [1.54, 1.807) is 18.2 Å². The van der Waals surface area contributed by atoms with Crippen LogP contribution in [-0.4, -0.2) is 54.8 Å². The fraction of sp³-hybridized carbons (Fsp3) is 0.417. The molecule has 1 saturated heterocycles. The van der Waals surface area contributed by atoms with Crippen LogP contribution in [0, 0.1) is 12.3 Å². The molecule has 2 heterocycles. The van der Waals surface area contributed by atoms with E-state index in [1.807, 2.05) is 25.1 Å². The molecule has 1 spiro atoms. The molecule has 1 amide bonds. The summed E-state index contributed by atoms with van der Waals surface area (Å²) in [6, 6.07) is 10.5. The lowest BCUT2D eigenvalue weighted by Crippen LogP contribution is -2.35. The van der Waals surface area contributed by atoms with E-state index in [0.717, 1.165) is 42.8 Å². The minimum Gasteiger partial charge on any atom is -0.395 e. The van der Waals surface area contributed by atoms with Crippen LogP contribution in [0.15, 0.2) is 36.4 Å². The molecule has 2 fully saturated rings. The van der Waals surface area contributed by atoms with E-state index in [-0.39, 0.29) is 11.7 Å². The van der Waals surface area contributed by atoms with Crippen molar-refractivity contribution in [3.63, 3.8) is 0 Å². The Balaban J connectivity index is 1.43. The first-order chi connectivity index (χ1) is 16.3. The number of carbonyl (C=O) groups excluding carboxylic acids is 1. The van der Waals surface area contributed by atoms with Gasteiger partial charge in [0.25, 0.3) is 5.91 Å². The maximum atomic E-state index is 13.3. The molecule has 1 aromatic heterocycles. The molecule has 1 aliphatic carbocycles. The van der Waals surface area contributed by atoms with Gasteiger partial charge in [-0.2, -0.15) is 0 Å². The zero-order chi connectivity index (χ0) is 23.9. The summed E-state index contributed by atoms with van der Waals surface area (Å²) in [6.07, 6.45) is 4.68. The Morgan fingerprint density at radius 2 is 1.85 bits per heavy atom. The van der Waals surface area contributed by atoms with Crippen molar-refractivity contribution in [2.24, 2.45) is 5.41 Å². The Bertz CT molecular complexity index is 1340. The number of anilines is 3. The summed E-state index contributed by atoms with van der Waals surface area (Å²) < 4.78 is 26.9. The van der Waals surface area contributed by atoms with Crippen LogP contribution in [0.4, 0.5) is 17.1 Å². The number of fused-ring (bicyclic) bond motifs is 1. The van der Waals surface area contributed by atoms with Gasteiger partial charge in [0.15, 0.2) is 0 Å². The van der Waals surface area contributed by atoms with Crippen LogP contribution >= 0.6 is 0 Å². The molecule has 180 valence electrons. The highest BCUT2D eigenvalue weighted by atomic mass is 32.2. The first kappa shape index (κ1) is 22.7. The largest absolute Gasteiger partial charge is 0.395 e. The lowest BCUT2D eigenvalue weighted by atomic mass is 9.93. The minimum absolute atomic E-state index is 0.262. The Morgan fingerprint density at radius 1 is 1.12 bits per heavy atom. The van der Waals surface area contributed by atoms with Crippen LogP contribution in [0.2, 0.25) is 0 Å². The topological polar surface area (TPSA) is 127 Å². The molecular weight excluding hydrogens is 454 g/mol. The van der Waals surface area contributed by atoms with Gasteiger partial charge in [-0.3, -0.25) is 9.52 Å². The molecule has 34 heavy (non-hydrogen) atoms. The number of piperidine rings is 1. The van der Waals surface area contributed by atoms with E-state index >= 15 is 0 Å². The number of rotatable bonds is 7. The lowest BCUT2D eigenvalue weighted by molar-refractivity contribution is 0.102. The molecule has 10 heteroatoms. The summed E-state index contributed by atoms with van der Waals surface area (Å²) in [7, 11) is -3.67. The number of aromatic nitrogens is 2. The van der Waals surface area contributed by atoms with Crippen LogP contribution in [0.3, 0.4) is 0 Å². The number of aromatic amines is 1. The molecular formula is C24H29N5O4S. The monoisotopic (exact) mass is 483 g/mol. The van der Waals surface area contributed by atoms with Gasteiger partial charge in [0.2, 0.25) is 10.0 Å². The number of imidazole rings is 1. The molecule has 3 aromatic rings. The lowest BCUT2D eigenvalue weighted by Gasteiger charge is -2.35. The number of sulfonamides is 1. The number of benzene rings is 2. The summed E-state index contributed by atoms with van der Waals surface area (Å²) in [5.74, 6) is 0.160. The number of amides is 1. The minimum atomic E-state index is -3.67. The second kappa shape index (κ2) is 8.59. The number of aliphatic hydroxyl groups excluding tert-OH is 1. The van der Waals surface area contributed by atoms with Crippen LogP contribution in [0.25, 0.3) is 11.0 Å². The number of hydrogen-bond donors (Lipinski definition) is 4. The van der Waals surface area contributed by atoms with Crippen molar-refractivity contribution < 1.29 is 18.3 Å². The molecule has 0 bridgehead atoms. The summed E-state index contributed by atoms with van der Waals surface area (Å²) in [6.45, 7) is 3.07. The van der Waals surface area contributed by atoms with Crippen LogP contribution in [-0.2, 0) is 10.0 Å². The van der Waals surface area contributed by atoms with E-state index < -0.39 is 16.6 Å². The zero-order valence-corrected chi connectivity index (χ0v) is 19.9. The molecule has 0 radical (unpaired) electrons. The molecule has 5 rings (SSSR count). The van der Waals surface area contributed by atoms with Crippen molar-refractivity contribution in [2.45, 2.75) is 32.6 Å². The third kappa shape index (κ3) is 4.74. The number of nitrogens with one attached hydrogen (secondary N) is 3. The van der Waals surface area contributed by atoms with Gasteiger partial charge in [0.05, 0.1) is 40.3 Å². The Labute approximate surface area is 198 Å². The van der Waals surface area contributed by atoms with Crippen molar-refractivity contribution in [3.8, 4) is 0 Å². The van der Waals surface area contributed by atoms with Crippen molar-refractivity contribution in [3.05, 3.63) is 47.8 Å². The van der Waals surface area contributed by atoms with Gasteiger partial charge in [-0.15, -0.1) is 0 Å². The first-order valence-corrected chi connectivity index (χ1v) is 13.2. The predicted molar refractivity (Wildman–Crippen MR) is 133 cm³/mol. The molecule has 0 atom stereocenters. The van der Waals surface area contributed by atoms with E-state index in [0.29, 0.717) is 28.0 Å². The third-order valence-corrected chi connectivity index (χ3v) is 8.12. The highest BCUT2D eigenvalue weighted by Gasteiger charge is 2.44. The summed E-state index contributed by atoms with van der Waals surface area (Å²) in [5, 5.41) is 12.0. The number of H-pyrrole nitrogens is 1. The average Bonchev–Trinajstić information content (AvgIpc) is 3.43. The maximum Gasteiger partial charge on any atom is 0.257 e. The molecule has 9 nitrogen and oxygen atoms in total. The summed E-state index contributed by atoms with van der Waals surface area (Å²) >= 11 is 0. The average molecular weight is 484 g/mol. The van der Waals surface area contributed by atoms with Crippen LogP contribution in [0.1, 0.15) is 41.9 Å². The number of nitrogens with zero attached hydrogens (tertiary/aromatic N) is 2. The van der Waals surface area contributed by atoms with Gasteiger partial charge in [-0.1, -0.05) is 0 Å². The fourth-order valence-corrected chi connectivity index (χ4v) is 5.54. The normalized spacial score (nSPS) is 17.2. The Hall–Kier alpha value is -3.11. The van der Waals surface area contributed by atoms with Gasteiger partial charge in [-0.25, -0.2) is 13.4 Å². The van der Waals surface area contributed by atoms with Crippen molar-refractivity contribution in [1.29, 1.82) is 0 Å². The molecule has 2 aliphatic rings. The first-order valence-electron chi connectivity index (χ1n) is 11.5. The quantitative estimate of drug-likeness (QED) is 0.409. The number of carbonyl (C=O) groups is 1. The highest BCUT2D eigenvalue weighted by molar-refractivity contribution is 7.92. The zero-order valence-electron chi connectivity index (χ0n) is 19.1. The van der Waals surface area contributed by atoms with Gasteiger partial charge < -0.3 is 20.3 Å². The second-order valence-electron chi connectivity index (χ2n) is 9.37. The van der Waals surface area contributed by atoms with Crippen LogP contribution in [0.5, 0.6) is 0 Å². The van der Waals surface area contributed by atoms with Gasteiger partial charge in [0.1, 0.15) is 5.82 Å². The van der Waals surface area contributed by atoms with E-state index in [2.05, 4.69) is 24.9 Å². The second-order valence-corrected chi connectivity index (χ2v) is 11.2. The third-order valence-electron chi connectivity index (χ3n) is 6.86. The van der Waals surface area contributed by atoms with Gasteiger partial charge in [0, 0.05) is 18.8 Å². The highest BCUT2D eigenvalue weighted by Crippen LogP contribution is 2.54. The predicted octanol–water partition coefficient (Wildman–Crippen LogP) is 3.24.